The fourth-order valence-corrected chi connectivity index (χ4v) is 6.44. The van der Waals surface area contributed by atoms with Gasteiger partial charge in [0.1, 0.15) is 0 Å². The minimum Gasteiger partial charge on any atom is -0.394 e. The summed E-state index contributed by atoms with van der Waals surface area (Å²) in [5.41, 5.74) is 8.33. The van der Waals surface area contributed by atoms with Crippen molar-refractivity contribution in [2.75, 3.05) is 7.05 Å². The van der Waals surface area contributed by atoms with E-state index in [1.807, 2.05) is 45.3 Å². The molecule has 0 saturated carbocycles. The summed E-state index contributed by atoms with van der Waals surface area (Å²) in [5.74, 6) is 0. The standard InChI is InChI=1S/C53H51N.C7H8.C2H6/c1-3-4-5-6-7-8-13-24-44-25-14-9-10-16-28-47(32-21-20-26-44)49(39-40-54-2)38-37-48(46-29-18-12-19-30-46)31-17-11-15-27-45-35-36-52-42-50-33-22-23-34-51(50)43-53(52)41-45;1-7-5-3-2-4-6-7;1-2/h4-23,25-26,28-43,54H,3,24,27H2,1-2H3;2-6H,1H3;1-2H3/b5-4-,7-6-,10-9?,13-8+,14-9-,15-11+,16-10+,21-20?,25-14?,26-20+,28-16?,31-17-,32-21-,40-39-,44-25-,44-26?,47-28+,47-32?,48-37+,49-38+;;. The lowest BCUT2D eigenvalue weighted by Gasteiger charge is -2.05. The van der Waals surface area contributed by atoms with Crippen LogP contribution in [0.15, 0.2) is 278 Å². The summed E-state index contributed by atoms with van der Waals surface area (Å²) in [4.78, 5) is 0. The van der Waals surface area contributed by atoms with Crippen molar-refractivity contribution in [3.63, 3.8) is 0 Å². The summed E-state index contributed by atoms with van der Waals surface area (Å²) in [5, 5.41) is 8.28. The van der Waals surface area contributed by atoms with E-state index >= 15 is 0 Å². The van der Waals surface area contributed by atoms with E-state index in [0.29, 0.717) is 0 Å². The summed E-state index contributed by atoms with van der Waals surface area (Å²) < 4.78 is 0. The zero-order valence-electron chi connectivity index (χ0n) is 37.9. The predicted molar refractivity (Wildman–Crippen MR) is 282 cm³/mol. The van der Waals surface area contributed by atoms with Gasteiger partial charge in [0, 0.05) is 7.05 Å². The first-order chi connectivity index (χ1) is 31.1. The molecule has 0 radical (unpaired) electrons. The van der Waals surface area contributed by atoms with Gasteiger partial charge in [-0.1, -0.05) is 263 Å². The summed E-state index contributed by atoms with van der Waals surface area (Å²) in [6, 6.07) is 40.7. The molecule has 1 aliphatic carbocycles. The molecule has 0 atom stereocenters. The number of aryl methyl sites for hydroxylation is 1. The highest BCUT2D eigenvalue weighted by atomic mass is 14.8. The molecule has 1 aliphatic rings. The predicted octanol–water partition coefficient (Wildman–Crippen LogP) is 17.0. The lowest BCUT2D eigenvalue weighted by atomic mass is 10.00. The SMILES string of the molecule is CC.CC\C=C/C=C\C=C\CC1=C\C=C/C=C/C=C(C(/C=C\NC)=C/C=C(\C=C/C=C/Cc2ccc3cc4ccccc4cc3c2)c2ccccc2)\C=C/C=C/1.Cc1ccccc1. The Morgan fingerprint density at radius 1 is 0.508 bits per heavy atom. The Morgan fingerprint density at radius 3 is 1.81 bits per heavy atom. The molecule has 0 unspecified atom stereocenters. The van der Waals surface area contributed by atoms with Gasteiger partial charge < -0.3 is 5.32 Å². The smallest absolute Gasteiger partial charge is 0.00277 e. The van der Waals surface area contributed by atoms with Crippen LogP contribution in [0.1, 0.15) is 50.3 Å². The molecule has 0 aromatic heterocycles. The second-order valence-electron chi connectivity index (χ2n) is 14.5. The van der Waals surface area contributed by atoms with Crippen LogP contribution in [0.4, 0.5) is 0 Å². The Labute approximate surface area is 379 Å². The van der Waals surface area contributed by atoms with Crippen molar-refractivity contribution < 1.29 is 0 Å². The van der Waals surface area contributed by atoms with Gasteiger partial charge in [0.05, 0.1) is 0 Å². The number of fused-ring (bicyclic) bond motifs is 2. The fraction of sp³-hybridized carbons (Fsp3) is 0.129. The molecule has 0 saturated heterocycles. The molecular formula is C62H65N. The molecular weight excluding hydrogens is 759 g/mol. The van der Waals surface area contributed by atoms with Crippen LogP contribution in [0.5, 0.6) is 0 Å². The van der Waals surface area contributed by atoms with Crippen molar-refractivity contribution in [1.29, 1.82) is 0 Å². The third kappa shape index (κ3) is 18.5. The van der Waals surface area contributed by atoms with Gasteiger partial charge in [-0.05, 0) is 106 Å². The first-order valence-corrected chi connectivity index (χ1v) is 22.3. The van der Waals surface area contributed by atoms with E-state index in [1.165, 1.54) is 38.2 Å². The number of allylic oxidation sites excluding steroid dienone is 27. The van der Waals surface area contributed by atoms with Gasteiger partial charge in [0.25, 0.3) is 0 Å². The third-order valence-corrected chi connectivity index (χ3v) is 9.71. The van der Waals surface area contributed by atoms with Crippen molar-refractivity contribution in [3.8, 4) is 0 Å². The van der Waals surface area contributed by atoms with E-state index in [1.54, 1.807) is 0 Å². The Kier molecular flexibility index (Phi) is 23.0. The highest BCUT2D eigenvalue weighted by Crippen LogP contribution is 2.24. The van der Waals surface area contributed by atoms with Crippen LogP contribution >= 0.6 is 0 Å². The molecule has 63 heavy (non-hydrogen) atoms. The van der Waals surface area contributed by atoms with Crippen LogP contribution in [-0.2, 0) is 6.42 Å². The second kappa shape index (κ2) is 29.9. The first-order valence-electron chi connectivity index (χ1n) is 22.3. The minimum atomic E-state index is 0.857. The van der Waals surface area contributed by atoms with E-state index in [0.717, 1.165) is 41.5 Å². The van der Waals surface area contributed by atoms with E-state index in [-0.39, 0.29) is 0 Å². The van der Waals surface area contributed by atoms with Crippen LogP contribution in [-0.4, -0.2) is 7.05 Å². The van der Waals surface area contributed by atoms with Gasteiger partial charge in [-0.3, -0.25) is 0 Å². The maximum atomic E-state index is 3.17. The largest absolute Gasteiger partial charge is 0.394 e. The number of nitrogens with one attached hydrogen (secondary N) is 1. The minimum absolute atomic E-state index is 0.857. The molecule has 5 aromatic rings. The summed E-state index contributed by atoms with van der Waals surface area (Å²) in [7, 11) is 1.92. The van der Waals surface area contributed by atoms with Gasteiger partial charge in [-0.15, -0.1) is 0 Å². The normalized spacial score (nSPS) is 17.4. The average molecular weight is 824 g/mol. The Morgan fingerprint density at radius 2 is 1.11 bits per heavy atom. The number of hydrogen-bond donors (Lipinski definition) is 1. The zero-order chi connectivity index (χ0) is 44.6. The third-order valence-electron chi connectivity index (χ3n) is 9.71. The fourth-order valence-electron chi connectivity index (χ4n) is 6.44. The van der Waals surface area contributed by atoms with Crippen LogP contribution in [0.2, 0.25) is 0 Å². The molecule has 1 nitrogen and oxygen atoms in total. The van der Waals surface area contributed by atoms with Crippen LogP contribution in [0.25, 0.3) is 27.1 Å². The van der Waals surface area contributed by atoms with E-state index in [9.17, 15) is 0 Å². The summed E-state index contributed by atoms with van der Waals surface area (Å²) in [6.45, 7) is 8.22. The van der Waals surface area contributed by atoms with Crippen molar-refractivity contribution in [2.45, 2.75) is 47.0 Å². The van der Waals surface area contributed by atoms with Crippen LogP contribution in [0.3, 0.4) is 0 Å². The summed E-state index contributed by atoms with van der Waals surface area (Å²) >= 11 is 0. The zero-order valence-corrected chi connectivity index (χ0v) is 37.9. The molecule has 0 aliphatic heterocycles. The topological polar surface area (TPSA) is 12.0 Å². The maximum Gasteiger partial charge on any atom is 0.00277 e. The van der Waals surface area contributed by atoms with Crippen molar-refractivity contribution >= 4 is 27.1 Å². The Balaban J connectivity index is 0.000000869. The van der Waals surface area contributed by atoms with Gasteiger partial charge in [0.2, 0.25) is 0 Å². The number of benzene rings is 5. The second-order valence-corrected chi connectivity index (χ2v) is 14.5. The molecule has 6 rings (SSSR count). The molecule has 0 bridgehead atoms. The van der Waals surface area contributed by atoms with Crippen LogP contribution < -0.4 is 5.32 Å². The quantitative estimate of drug-likeness (QED) is 0.0869. The lowest BCUT2D eigenvalue weighted by Crippen LogP contribution is -1.93. The molecule has 1 heteroatoms. The van der Waals surface area contributed by atoms with Gasteiger partial charge in [-0.2, -0.15) is 0 Å². The maximum absolute atomic E-state index is 3.17. The van der Waals surface area contributed by atoms with E-state index in [2.05, 4.69) is 256 Å². The molecule has 318 valence electrons. The summed E-state index contributed by atoms with van der Waals surface area (Å²) in [6.07, 6.45) is 53.9. The van der Waals surface area contributed by atoms with E-state index < -0.39 is 0 Å². The molecule has 0 amide bonds. The number of hydrogen-bond acceptors (Lipinski definition) is 1. The van der Waals surface area contributed by atoms with E-state index in [4.69, 9.17) is 0 Å². The average Bonchev–Trinajstić information content (AvgIpc) is 3.32. The van der Waals surface area contributed by atoms with Crippen molar-refractivity contribution in [3.05, 3.63) is 295 Å². The monoisotopic (exact) mass is 824 g/mol. The molecule has 0 spiro atoms. The van der Waals surface area contributed by atoms with Crippen LogP contribution in [0, 0.1) is 6.92 Å². The molecule has 1 N–H and O–H groups in total. The van der Waals surface area contributed by atoms with Gasteiger partial charge in [0.15, 0.2) is 0 Å². The Bertz CT molecular complexity index is 2570. The van der Waals surface area contributed by atoms with Crippen molar-refractivity contribution in [2.24, 2.45) is 0 Å². The first kappa shape index (κ1) is 48.4. The van der Waals surface area contributed by atoms with Crippen molar-refractivity contribution in [1.82, 2.24) is 5.32 Å². The molecule has 0 fully saturated rings. The van der Waals surface area contributed by atoms with Gasteiger partial charge >= 0.3 is 0 Å². The lowest BCUT2D eigenvalue weighted by molar-refractivity contribution is 1.10. The molecule has 0 heterocycles. The highest BCUT2D eigenvalue weighted by molar-refractivity contribution is 5.98. The Hall–Kier alpha value is -7.22. The highest BCUT2D eigenvalue weighted by Gasteiger charge is 2.02. The number of rotatable bonds is 14. The van der Waals surface area contributed by atoms with Gasteiger partial charge in [-0.25, -0.2) is 0 Å². The molecule has 5 aromatic carbocycles.